The third-order valence-electron chi connectivity index (χ3n) is 7.64. The van der Waals surface area contributed by atoms with E-state index in [9.17, 15) is 9.59 Å². The lowest BCUT2D eigenvalue weighted by Crippen LogP contribution is -2.63. The van der Waals surface area contributed by atoms with Gasteiger partial charge in [-0.1, -0.05) is 67.0 Å². The minimum atomic E-state index is -0.373. The van der Waals surface area contributed by atoms with E-state index in [0.29, 0.717) is 24.6 Å². The zero-order valence-corrected chi connectivity index (χ0v) is 24.2. The number of carbonyl (C=O) groups excluding carboxylic acids is 2. The largest absolute Gasteiger partial charge is 0.349 e. The molecular weight excluding hydrogens is 464 g/mol. The van der Waals surface area contributed by atoms with E-state index in [2.05, 4.69) is 75.6 Å². The van der Waals surface area contributed by atoms with Crippen molar-refractivity contribution < 1.29 is 9.59 Å². The van der Waals surface area contributed by atoms with Crippen LogP contribution in [-0.2, 0) is 9.59 Å². The van der Waals surface area contributed by atoms with E-state index in [-0.39, 0.29) is 53.0 Å². The summed E-state index contributed by atoms with van der Waals surface area (Å²) >= 11 is 0. The maximum atomic E-state index is 13.7. The smallest absolute Gasteiger partial charge is 0.248 e. The molecule has 2 amide bonds. The van der Waals surface area contributed by atoms with Crippen LogP contribution in [0.1, 0.15) is 80.1 Å². The van der Waals surface area contributed by atoms with Gasteiger partial charge in [0.15, 0.2) is 0 Å². The van der Waals surface area contributed by atoms with E-state index in [4.69, 9.17) is 11.5 Å². The minimum absolute atomic E-state index is 0.0273. The van der Waals surface area contributed by atoms with Gasteiger partial charge in [0.2, 0.25) is 11.8 Å². The molecule has 7 N–H and O–H groups in total. The molecule has 2 fully saturated rings. The Bertz CT molecular complexity index is 795. The average Bonchev–Trinajstić information content (AvgIpc) is 3.48. The van der Waals surface area contributed by atoms with Crippen molar-refractivity contribution in [3.8, 4) is 0 Å². The van der Waals surface area contributed by atoms with Crippen LogP contribution in [0.25, 0.3) is 0 Å². The molecule has 3 unspecified atom stereocenters. The van der Waals surface area contributed by atoms with Gasteiger partial charge in [-0.15, -0.1) is 6.58 Å². The first-order valence-electron chi connectivity index (χ1n) is 14.0. The number of carbonyl (C=O) groups is 2. The Morgan fingerprint density at radius 1 is 1.14 bits per heavy atom. The molecule has 8 heteroatoms. The summed E-state index contributed by atoms with van der Waals surface area (Å²) in [7, 11) is 0. The molecule has 2 aliphatic rings. The van der Waals surface area contributed by atoms with Crippen LogP contribution < -0.4 is 27.4 Å². The van der Waals surface area contributed by atoms with Crippen molar-refractivity contribution in [2.24, 2.45) is 28.2 Å². The monoisotopic (exact) mass is 518 g/mol. The predicted octanol–water partition coefficient (Wildman–Crippen LogP) is 2.65. The number of nitrogens with two attached hydrogens (primary N) is 2. The highest BCUT2D eigenvalue weighted by atomic mass is 16.2. The maximum Gasteiger partial charge on any atom is 0.248 e. The standard InChI is InChI=1S/C29H54N6O2/c1-9-14-32-26(36)19(2)21(16-20-12-13-20)33-27(37)22-11-10-15-35(22)23(17-28(3,4)5)25(31)34-24(18-30)29(6,7)8/h9,20-25,34H,1-2,10-18,30-31H2,3-8H3,(H,32,36)(H,33,37)/t21?,22-,23?,24+,25?/m0/s1. The van der Waals surface area contributed by atoms with Gasteiger partial charge in [-0.25, -0.2) is 0 Å². The number of hydrogen-bond acceptors (Lipinski definition) is 6. The molecule has 37 heavy (non-hydrogen) atoms. The Morgan fingerprint density at radius 2 is 1.78 bits per heavy atom. The lowest BCUT2D eigenvalue weighted by molar-refractivity contribution is -0.127. The van der Waals surface area contributed by atoms with Crippen molar-refractivity contribution in [1.29, 1.82) is 0 Å². The second kappa shape index (κ2) is 13.4. The predicted molar refractivity (Wildman–Crippen MR) is 153 cm³/mol. The van der Waals surface area contributed by atoms with Crippen molar-refractivity contribution in [3.05, 3.63) is 24.8 Å². The van der Waals surface area contributed by atoms with Gasteiger partial charge in [0.25, 0.3) is 0 Å². The van der Waals surface area contributed by atoms with Crippen LogP contribution in [0.15, 0.2) is 24.8 Å². The van der Waals surface area contributed by atoms with Gasteiger partial charge in [-0.3, -0.25) is 19.8 Å². The summed E-state index contributed by atoms with van der Waals surface area (Å²) in [6, 6.07) is -0.643. The molecule has 0 spiro atoms. The Balaban J connectivity index is 2.21. The zero-order valence-electron chi connectivity index (χ0n) is 24.2. The van der Waals surface area contributed by atoms with E-state index in [0.717, 1.165) is 45.1 Å². The van der Waals surface area contributed by atoms with Crippen LogP contribution in [-0.4, -0.2) is 66.7 Å². The summed E-state index contributed by atoms with van der Waals surface area (Å²) in [6.07, 6.45) is 6.86. The quantitative estimate of drug-likeness (QED) is 0.137. The fourth-order valence-corrected chi connectivity index (χ4v) is 5.24. The number of nitrogens with one attached hydrogen (secondary N) is 3. The molecule has 2 rings (SSSR count). The highest BCUT2D eigenvalue weighted by molar-refractivity contribution is 5.95. The van der Waals surface area contributed by atoms with Crippen molar-refractivity contribution in [2.75, 3.05) is 19.6 Å². The molecule has 1 aliphatic heterocycles. The van der Waals surface area contributed by atoms with E-state index in [1.807, 2.05) is 0 Å². The van der Waals surface area contributed by atoms with Crippen molar-refractivity contribution >= 4 is 11.8 Å². The molecule has 1 heterocycles. The molecule has 0 aromatic carbocycles. The topological polar surface area (TPSA) is 126 Å². The van der Waals surface area contributed by atoms with E-state index in [1.165, 1.54) is 0 Å². The number of likely N-dealkylation sites (tertiary alicyclic amines) is 1. The van der Waals surface area contributed by atoms with Crippen LogP contribution in [0.3, 0.4) is 0 Å². The number of amides is 2. The third-order valence-corrected chi connectivity index (χ3v) is 7.64. The van der Waals surface area contributed by atoms with E-state index in [1.54, 1.807) is 6.08 Å². The highest BCUT2D eigenvalue weighted by Crippen LogP contribution is 2.35. The number of nitrogens with zero attached hydrogens (tertiary/aromatic N) is 1. The normalized spacial score (nSPS) is 22.1. The molecule has 0 bridgehead atoms. The molecule has 1 saturated heterocycles. The molecule has 5 atom stereocenters. The molecule has 1 saturated carbocycles. The Kier molecular flexibility index (Phi) is 11.4. The molecule has 0 aromatic heterocycles. The van der Waals surface area contributed by atoms with Gasteiger partial charge in [0.05, 0.1) is 18.2 Å². The molecule has 8 nitrogen and oxygen atoms in total. The third kappa shape index (κ3) is 9.82. The molecular formula is C29H54N6O2. The average molecular weight is 519 g/mol. The summed E-state index contributed by atoms with van der Waals surface area (Å²) in [5.74, 6) is 0.255. The van der Waals surface area contributed by atoms with Crippen molar-refractivity contribution in [3.63, 3.8) is 0 Å². The SMILES string of the molecule is C=CCNC(=O)C(=C)C(CC1CC1)NC(=O)[C@@H]1CCCN1C(CC(C)(C)C)C(N)N[C@H](CN)C(C)(C)C. The number of hydrogen-bond donors (Lipinski definition) is 5. The minimum Gasteiger partial charge on any atom is -0.349 e. The summed E-state index contributed by atoms with van der Waals surface area (Å²) < 4.78 is 0. The Morgan fingerprint density at radius 3 is 2.30 bits per heavy atom. The van der Waals surface area contributed by atoms with Gasteiger partial charge in [-0.2, -0.15) is 0 Å². The van der Waals surface area contributed by atoms with Crippen molar-refractivity contribution in [2.45, 2.75) is 110 Å². The van der Waals surface area contributed by atoms with Crippen LogP contribution in [0, 0.1) is 16.7 Å². The van der Waals surface area contributed by atoms with Gasteiger partial charge in [0.1, 0.15) is 0 Å². The molecule has 0 radical (unpaired) electrons. The van der Waals surface area contributed by atoms with Gasteiger partial charge in [0, 0.05) is 30.7 Å². The number of rotatable bonds is 14. The summed E-state index contributed by atoms with van der Waals surface area (Å²) in [5, 5.41) is 9.60. The lowest BCUT2D eigenvalue weighted by atomic mass is 9.84. The second-order valence-corrected chi connectivity index (χ2v) is 13.3. The highest BCUT2D eigenvalue weighted by Gasteiger charge is 2.41. The first-order chi connectivity index (χ1) is 17.2. The zero-order chi connectivity index (χ0) is 28.0. The van der Waals surface area contributed by atoms with E-state index < -0.39 is 0 Å². The first-order valence-corrected chi connectivity index (χ1v) is 14.0. The molecule has 212 valence electrons. The van der Waals surface area contributed by atoms with Gasteiger partial charge >= 0.3 is 0 Å². The Labute approximate surface area is 225 Å². The molecule has 1 aliphatic carbocycles. The maximum absolute atomic E-state index is 13.7. The fourth-order valence-electron chi connectivity index (χ4n) is 5.24. The molecule has 0 aromatic rings. The summed E-state index contributed by atoms with van der Waals surface area (Å²) in [4.78, 5) is 28.6. The first kappa shape index (κ1) is 31.5. The summed E-state index contributed by atoms with van der Waals surface area (Å²) in [5.41, 5.74) is 13.3. The fraction of sp³-hybridized carbons (Fsp3) is 0.793. The second-order valence-electron chi connectivity index (χ2n) is 13.3. The van der Waals surface area contributed by atoms with Crippen LogP contribution in [0.5, 0.6) is 0 Å². The van der Waals surface area contributed by atoms with Crippen molar-refractivity contribution in [1.82, 2.24) is 20.9 Å². The van der Waals surface area contributed by atoms with Crippen LogP contribution in [0.2, 0.25) is 0 Å². The van der Waals surface area contributed by atoms with Crippen LogP contribution >= 0.6 is 0 Å². The Hall–Kier alpha value is -1.74. The van der Waals surface area contributed by atoms with E-state index >= 15 is 0 Å². The lowest BCUT2D eigenvalue weighted by Gasteiger charge is -2.42. The van der Waals surface area contributed by atoms with Gasteiger partial charge in [-0.05, 0) is 49.0 Å². The van der Waals surface area contributed by atoms with Crippen LogP contribution in [0.4, 0.5) is 0 Å². The van der Waals surface area contributed by atoms with Gasteiger partial charge < -0.3 is 22.1 Å². The summed E-state index contributed by atoms with van der Waals surface area (Å²) in [6.45, 7) is 22.5.